The van der Waals surface area contributed by atoms with Gasteiger partial charge in [-0.2, -0.15) is 5.10 Å². The first-order chi connectivity index (χ1) is 12.0. The predicted molar refractivity (Wildman–Crippen MR) is 90.2 cm³/mol. The SMILES string of the molecule is CC(C)(C)n1nc(C(=O)NS(=O)(=O)c2ccc(F)cc2F)cc1C1CC1. The Balaban J connectivity index is 1.90. The Bertz CT molecular complexity index is 974. The lowest BCUT2D eigenvalue weighted by molar-refractivity contribution is 0.0975. The molecule has 0 atom stereocenters. The summed E-state index contributed by atoms with van der Waals surface area (Å²) < 4.78 is 54.7. The Morgan fingerprint density at radius 2 is 1.88 bits per heavy atom. The topological polar surface area (TPSA) is 81.1 Å². The van der Waals surface area contributed by atoms with E-state index in [4.69, 9.17) is 0 Å². The minimum Gasteiger partial charge on any atom is -0.266 e. The average Bonchev–Trinajstić information content (AvgIpc) is 3.23. The van der Waals surface area contributed by atoms with E-state index in [2.05, 4.69) is 5.10 Å². The zero-order valence-electron chi connectivity index (χ0n) is 14.6. The fourth-order valence-corrected chi connectivity index (χ4v) is 3.66. The van der Waals surface area contributed by atoms with Crippen LogP contribution in [0.3, 0.4) is 0 Å². The van der Waals surface area contributed by atoms with Gasteiger partial charge in [-0.1, -0.05) is 0 Å². The van der Waals surface area contributed by atoms with Gasteiger partial charge in [0.05, 0.1) is 5.54 Å². The van der Waals surface area contributed by atoms with Gasteiger partial charge in [0, 0.05) is 17.7 Å². The summed E-state index contributed by atoms with van der Waals surface area (Å²) in [5, 5.41) is 4.24. The maximum Gasteiger partial charge on any atom is 0.285 e. The number of carbonyl (C=O) groups excluding carboxylic acids is 1. The standard InChI is InChI=1S/C17H19F2N3O3S/c1-17(2,3)22-14(10-4-5-10)9-13(20-22)16(23)21-26(24,25)15-7-6-11(18)8-12(15)19/h6-10H,4-5H2,1-3H3,(H,21,23). The molecule has 2 aromatic rings. The number of halogens is 2. The first-order valence-corrected chi connectivity index (χ1v) is 9.60. The molecule has 0 unspecified atom stereocenters. The number of benzene rings is 1. The van der Waals surface area contributed by atoms with Gasteiger partial charge in [0.25, 0.3) is 15.9 Å². The normalized spacial score (nSPS) is 15.1. The van der Waals surface area contributed by atoms with Crippen LogP contribution in [0.15, 0.2) is 29.2 Å². The Labute approximate surface area is 150 Å². The van der Waals surface area contributed by atoms with Crippen LogP contribution in [0.1, 0.15) is 55.7 Å². The van der Waals surface area contributed by atoms with Crippen LogP contribution in [0.4, 0.5) is 8.78 Å². The number of rotatable bonds is 4. The van der Waals surface area contributed by atoms with E-state index in [9.17, 15) is 22.0 Å². The number of carbonyl (C=O) groups is 1. The van der Waals surface area contributed by atoms with Crippen LogP contribution in [-0.2, 0) is 15.6 Å². The van der Waals surface area contributed by atoms with Crippen LogP contribution < -0.4 is 4.72 Å². The monoisotopic (exact) mass is 383 g/mol. The Kier molecular flexibility index (Phi) is 4.38. The molecule has 9 heteroatoms. The lowest BCUT2D eigenvalue weighted by atomic mass is 10.1. The molecule has 1 aromatic carbocycles. The van der Waals surface area contributed by atoms with E-state index in [-0.39, 0.29) is 11.2 Å². The van der Waals surface area contributed by atoms with Crippen molar-refractivity contribution >= 4 is 15.9 Å². The van der Waals surface area contributed by atoms with Crippen molar-refractivity contribution in [3.63, 3.8) is 0 Å². The van der Waals surface area contributed by atoms with Gasteiger partial charge >= 0.3 is 0 Å². The highest BCUT2D eigenvalue weighted by molar-refractivity contribution is 7.90. The van der Waals surface area contributed by atoms with Gasteiger partial charge in [-0.3, -0.25) is 9.48 Å². The first-order valence-electron chi connectivity index (χ1n) is 8.12. The van der Waals surface area contributed by atoms with Crippen molar-refractivity contribution in [2.75, 3.05) is 0 Å². The second-order valence-corrected chi connectivity index (χ2v) is 8.97. The van der Waals surface area contributed by atoms with Gasteiger partial charge in [-0.15, -0.1) is 0 Å². The van der Waals surface area contributed by atoms with Crippen molar-refractivity contribution in [1.82, 2.24) is 14.5 Å². The van der Waals surface area contributed by atoms with Crippen molar-refractivity contribution in [2.24, 2.45) is 0 Å². The molecule has 0 saturated heterocycles. The molecule has 1 heterocycles. The molecule has 1 aliphatic rings. The van der Waals surface area contributed by atoms with E-state index in [0.717, 1.165) is 30.7 Å². The molecular weight excluding hydrogens is 364 g/mol. The lowest BCUT2D eigenvalue weighted by Crippen LogP contribution is -2.32. The zero-order valence-corrected chi connectivity index (χ0v) is 15.4. The van der Waals surface area contributed by atoms with Crippen LogP contribution in [0.25, 0.3) is 0 Å². The van der Waals surface area contributed by atoms with Gasteiger partial charge in [0.1, 0.15) is 16.5 Å². The molecule has 26 heavy (non-hydrogen) atoms. The Morgan fingerprint density at radius 3 is 2.42 bits per heavy atom. The molecule has 1 aliphatic carbocycles. The number of aromatic nitrogens is 2. The molecule has 6 nitrogen and oxygen atoms in total. The molecule has 1 N–H and O–H groups in total. The van der Waals surface area contributed by atoms with E-state index in [0.29, 0.717) is 12.0 Å². The van der Waals surface area contributed by atoms with Gasteiger partial charge in [-0.05, 0) is 51.8 Å². The molecule has 0 spiro atoms. The van der Waals surface area contributed by atoms with Crippen molar-refractivity contribution < 1.29 is 22.0 Å². The minimum atomic E-state index is -4.49. The second kappa shape index (κ2) is 6.15. The van der Waals surface area contributed by atoms with Crippen molar-refractivity contribution in [3.8, 4) is 0 Å². The fraction of sp³-hybridized carbons (Fsp3) is 0.412. The van der Waals surface area contributed by atoms with Crippen LogP contribution in [-0.4, -0.2) is 24.1 Å². The third-order valence-corrected chi connectivity index (χ3v) is 5.38. The Hall–Kier alpha value is -2.29. The van der Waals surface area contributed by atoms with Crippen molar-refractivity contribution in [1.29, 1.82) is 0 Å². The summed E-state index contributed by atoms with van der Waals surface area (Å²) in [7, 11) is -4.49. The highest BCUT2D eigenvalue weighted by Gasteiger charge is 2.33. The minimum absolute atomic E-state index is 0.0621. The smallest absolute Gasteiger partial charge is 0.266 e. The number of hydrogen-bond donors (Lipinski definition) is 1. The highest BCUT2D eigenvalue weighted by atomic mass is 32.2. The molecule has 3 rings (SSSR count). The van der Waals surface area contributed by atoms with E-state index >= 15 is 0 Å². The first kappa shape index (κ1) is 18.5. The van der Waals surface area contributed by atoms with E-state index in [1.165, 1.54) is 0 Å². The average molecular weight is 383 g/mol. The van der Waals surface area contributed by atoms with E-state index in [1.54, 1.807) is 15.5 Å². The number of nitrogens with zero attached hydrogens (tertiary/aromatic N) is 2. The Morgan fingerprint density at radius 1 is 1.23 bits per heavy atom. The summed E-state index contributed by atoms with van der Waals surface area (Å²) in [5.41, 5.74) is 0.430. The quantitative estimate of drug-likeness (QED) is 0.880. The molecule has 1 fully saturated rings. The van der Waals surface area contributed by atoms with Crippen LogP contribution >= 0.6 is 0 Å². The van der Waals surface area contributed by atoms with Crippen LogP contribution in [0.2, 0.25) is 0 Å². The lowest BCUT2D eigenvalue weighted by Gasteiger charge is -2.22. The van der Waals surface area contributed by atoms with Crippen molar-refractivity contribution in [2.45, 2.75) is 50.0 Å². The zero-order chi connectivity index (χ0) is 19.3. The number of amides is 1. The fourth-order valence-electron chi connectivity index (χ4n) is 2.64. The summed E-state index contributed by atoms with van der Waals surface area (Å²) in [6, 6.07) is 3.58. The number of sulfonamides is 1. The molecular formula is C17H19F2N3O3S. The molecule has 1 saturated carbocycles. The summed E-state index contributed by atoms with van der Waals surface area (Å²) in [4.78, 5) is 11.6. The van der Waals surface area contributed by atoms with E-state index < -0.39 is 32.5 Å². The number of nitrogens with one attached hydrogen (secondary N) is 1. The maximum atomic E-state index is 13.7. The second-order valence-electron chi connectivity index (χ2n) is 7.32. The number of hydrogen-bond acceptors (Lipinski definition) is 4. The summed E-state index contributed by atoms with van der Waals surface area (Å²) in [6.07, 6.45) is 1.98. The summed E-state index contributed by atoms with van der Waals surface area (Å²) in [5.74, 6) is -2.84. The van der Waals surface area contributed by atoms with Gasteiger partial charge in [-0.25, -0.2) is 21.9 Å². The summed E-state index contributed by atoms with van der Waals surface area (Å²) >= 11 is 0. The third kappa shape index (κ3) is 3.62. The molecule has 140 valence electrons. The van der Waals surface area contributed by atoms with Crippen LogP contribution in [0.5, 0.6) is 0 Å². The largest absolute Gasteiger partial charge is 0.285 e. The highest BCUT2D eigenvalue weighted by Crippen LogP contribution is 2.41. The van der Waals surface area contributed by atoms with Gasteiger partial charge < -0.3 is 0 Å². The van der Waals surface area contributed by atoms with Crippen molar-refractivity contribution in [3.05, 3.63) is 47.3 Å². The molecule has 0 radical (unpaired) electrons. The van der Waals surface area contributed by atoms with Crippen LogP contribution in [0, 0.1) is 11.6 Å². The predicted octanol–water partition coefficient (Wildman–Crippen LogP) is 2.91. The van der Waals surface area contributed by atoms with E-state index in [1.807, 2.05) is 20.8 Å². The molecule has 0 bridgehead atoms. The maximum absolute atomic E-state index is 13.7. The van der Waals surface area contributed by atoms with Gasteiger partial charge in [0.15, 0.2) is 5.69 Å². The van der Waals surface area contributed by atoms with Gasteiger partial charge in [0.2, 0.25) is 0 Å². The molecule has 0 aliphatic heterocycles. The summed E-state index contributed by atoms with van der Waals surface area (Å²) in [6.45, 7) is 5.79. The molecule has 1 aromatic heterocycles. The third-order valence-electron chi connectivity index (χ3n) is 4.01. The molecule has 1 amide bonds.